The van der Waals surface area contributed by atoms with Gasteiger partial charge in [-0.15, -0.1) is 0 Å². The number of ether oxygens (including phenoxy) is 1. The van der Waals surface area contributed by atoms with Crippen molar-refractivity contribution in [2.24, 2.45) is 0 Å². The zero-order valence-electron chi connectivity index (χ0n) is 17.2. The number of amides is 2. The molecule has 0 saturated carbocycles. The average Bonchev–Trinajstić information content (AvgIpc) is 2.76. The van der Waals surface area contributed by atoms with Crippen molar-refractivity contribution in [1.29, 1.82) is 0 Å². The van der Waals surface area contributed by atoms with E-state index in [1.165, 1.54) is 11.1 Å². The number of hydrogen-bond acceptors (Lipinski definition) is 5. The Morgan fingerprint density at radius 2 is 1.53 bits per heavy atom. The summed E-state index contributed by atoms with van der Waals surface area (Å²) in [5.74, 6) is -1.06. The molecule has 7 nitrogen and oxygen atoms in total. The van der Waals surface area contributed by atoms with Crippen molar-refractivity contribution < 1.29 is 24.1 Å². The summed E-state index contributed by atoms with van der Waals surface area (Å²) in [4.78, 5) is 39.0. The highest BCUT2D eigenvalue weighted by Crippen LogP contribution is 2.11. The van der Waals surface area contributed by atoms with Crippen LogP contribution < -0.4 is 5.48 Å². The van der Waals surface area contributed by atoms with Gasteiger partial charge in [0.25, 0.3) is 0 Å². The van der Waals surface area contributed by atoms with Gasteiger partial charge < -0.3 is 4.74 Å². The van der Waals surface area contributed by atoms with E-state index in [1.807, 2.05) is 30.3 Å². The highest BCUT2D eigenvalue weighted by Gasteiger charge is 2.12. The molecule has 1 N–H and O–H groups in total. The van der Waals surface area contributed by atoms with Gasteiger partial charge in [0.1, 0.15) is 6.54 Å². The van der Waals surface area contributed by atoms with Gasteiger partial charge >= 0.3 is 5.97 Å². The molecule has 2 amide bonds. The lowest BCUT2D eigenvalue weighted by atomic mass is 10.0. The molecule has 0 aliphatic rings. The summed E-state index contributed by atoms with van der Waals surface area (Å²) in [6.45, 7) is 1.44. The first-order chi connectivity index (χ1) is 14.6. The SMILES string of the molecule is CCOC(=O)CN(C=O)ONC(=O)Cc1ccc(CCCCc2ccccc2)cc1. The summed E-state index contributed by atoms with van der Waals surface area (Å²) in [7, 11) is 0. The van der Waals surface area contributed by atoms with E-state index in [2.05, 4.69) is 29.7 Å². The molecule has 0 spiro atoms. The van der Waals surface area contributed by atoms with E-state index in [0.717, 1.165) is 31.2 Å². The third-order valence-corrected chi connectivity index (χ3v) is 4.40. The molecule has 2 aromatic rings. The number of hydroxylamine groups is 3. The summed E-state index contributed by atoms with van der Waals surface area (Å²) in [6.07, 6.45) is 4.69. The minimum atomic E-state index is -0.627. The number of hydrogen-bond donors (Lipinski definition) is 1. The third kappa shape index (κ3) is 8.87. The highest BCUT2D eigenvalue weighted by atomic mass is 16.8. The van der Waals surface area contributed by atoms with Crippen molar-refractivity contribution in [3.63, 3.8) is 0 Å². The van der Waals surface area contributed by atoms with E-state index >= 15 is 0 Å². The zero-order chi connectivity index (χ0) is 21.6. The molecular weight excluding hydrogens is 384 g/mol. The molecule has 2 rings (SSSR count). The normalized spacial score (nSPS) is 10.3. The van der Waals surface area contributed by atoms with E-state index in [0.29, 0.717) is 11.5 Å². The molecule has 0 aliphatic carbocycles. The summed E-state index contributed by atoms with van der Waals surface area (Å²) in [6, 6.07) is 18.3. The van der Waals surface area contributed by atoms with Crippen LogP contribution in [0, 0.1) is 0 Å². The quantitative estimate of drug-likeness (QED) is 0.237. The van der Waals surface area contributed by atoms with Gasteiger partial charge in [-0.05, 0) is 49.3 Å². The monoisotopic (exact) mass is 412 g/mol. The minimum Gasteiger partial charge on any atom is -0.465 e. The molecule has 0 unspecified atom stereocenters. The Labute approximate surface area is 176 Å². The van der Waals surface area contributed by atoms with Crippen molar-refractivity contribution >= 4 is 18.3 Å². The molecule has 0 fully saturated rings. The number of carbonyl (C=O) groups is 3. The van der Waals surface area contributed by atoms with Gasteiger partial charge in [-0.3, -0.25) is 14.4 Å². The Kier molecular flexibility index (Phi) is 10.1. The van der Waals surface area contributed by atoms with E-state index < -0.39 is 18.4 Å². The van der Waals surface area contributed by atoms with Crippen LogP contribution in [0.2, 0.25) is 0 Å². The predicted molar refractivity (Wildman–Crippen MR) is 112 cm³/mol. The van der Waals surface area contributed by atoms with Gasteiger partial charge in [-0.2, -0.15) is 10.0 Å². The minimum absolute atomic E-state index is 0.0976. The number of carbonyl (C=O) groups excluding carboxylic acids is 3. The van der Waals surface area contributed by atoms with Crippen LogP contribution in [0.25, 0.3) is 0 Å². The second-order valence-corrected chi connectivity index (χ2v) is 6.79. The summed E-state index contributed by atoms with van der Waals surface area (Å²) >= 11 is 0. The third-order valence-electron chi connectivity index (χ3n) is 4.40. The predicted octanol–water partition coefficient (Wildman–Crippen LogP) is 2.78. The molecule has 0 radical (unpaired) electrons. The molecule has 0 bridgehead atoms. The highest BCUT2D eigenvalue weighted by molar-refractivity contribution is 5.77. The molecule has 7 heteroatoms. The number of unbranched alkanes of at least 4 members (excludes halogenated alkanes) is 1. The maximum Gasteiger partial charge on any atom is 0.328 e. The van der Waals surface area contributed by atoms with Crippen LogP contribution in [0.5, 0.6) is 0 Å². The van der Waals surface area contributed by atoms with Crippen molar-refractivity contribution in [2.75, 3.05) is 13.2 Å². The number of nitrogens with one attached hydrogen (secondary N) is 1. The fraction of sp³-hybridized carbons (Fsp3) is 0.348. The first-order valence-electron chi connectivity index (χ1n) is 10.1. The lowest BCUT2D eigenvalue weighted by molar-refractivity contribution is -0.209. The van der Waals surface area contributed by atoms with Crippen molar-refractivity contribution in [2.45, 2.75) is 39.0 Å². The second kappa shape index (κ2) is 13.1. The molecule has 0 atom stereocenters. The van der Waals surface area contributed by atoms with E-state index in [4.69, 9.17) is 9.68 Å². The molecule has 160 valence electrons. The Balaban J connectivity index is 1.68. The fourth-order valence-electron chi connectivity index (χ4n) is 2.88. The molecule has 0 aliphatic heterocycles. The van der Waals surface area contributed by atoms with Crippen LogP contribution in [-0.4, -0.2) is 36.5 Å². The van der Waals surface area contributed by atoms with Gasteiger partial charge in [-0.1, -0.05) is 54.6 Å². The van der Waals surface area contributed by atoms with Crippen LogP contribution in [-0.2, 0) is 43.3 Å². The van der Waals surface area contributed by atoms with Crippen LogP contribution in [0.4, 0.5) is 0 Å². The Hall–Kier alpha value is -3.19. The largest absolute Gasteiger partial charge is 0.465 e. The van der Waals surface area contributed by atoms with Crippen molar-refractivity contribution in [1.82, 2.24) is 10.5 Å². The Bertz CT molecular complexity index is 793. The van der Waals surface area contributed by atoms with Crippen molar-refractivity contribution in [3.8, 4) is 0 Å². The number of esters is 1. The van der Waals surface area contributed by atoms with Gasteiger partial charge in [0.15, 0.2) is 0 Å². The average molecular weight is 412 g/mol. The molecule has 2 aromatic carbocycles. The van der Waals surface area contributed by atoms with E-state index in [-0.39, 0.29) is 13.0 Å². The number of aryl methyl sites for hydroxylation is 2. The maximum atomic E-state index is 12.0. The Morgan fingerprint density at radius 1 is 0.933 bits per heavy atom. The van der Waals surface area contributed by atoms with Gasteiger partial charge in [-0.25, -0.2) is 5.48 Å². The lowest BCUT2D eigenvalue weighted by Gasteiger charge is -2.15. The first-order valence-corrected chi connectivity index (χ1v) is 10.1. The first kappa shape index (κ1) is 23.1. The number of nitrogens with zero attached hydrogens (tertiary/aromatic N) is 1. The van der Waals surface area contributed by atoms with Gasteiger partial charge in [0.2, 0.25) is 12.3 Å². The number of rotatable bonds is 13. The number of benzene rings is 2. The van der Waals surface area contributed by atoms with E-state index in [9.17, 15) is 14.4 Å². The van der Waals surface area contributed by atoms with Crippen LogP contribution >= 0.6 is 0 Å². The van der Waals surface area contributed by atoms with Crippen LogP contribution in [0.1, 0.15) is 36.5 Å². The summed E-state index contributed by atoms with van der Waals surface area (Å²) in [5.41, 5.74) is 5.56. The van der Waals surface area contributed by atoms with E-state index in [1.54, 1.807) is 6.92 Å². The molecule has 0 aromatic heterocycles. The van der Waals surface area contributed by atoms with Crippen LogP contribution in [0.3, 0.4) is 0 Å². The van der Waals surface area contributed by atoms with Gasteiger partial charge in [0, 0.05) is 0 Å². The summed E-state index contributed by atoms with van der Waals surface area (Å²) < 4.78 is 4.71. The van der Waals surface area contributed by atoms with Crippen molar-refractivity contribution in [3.05, 3.63) is 71.3 Å². The lowest BCUT2D eigenvalue weighted by Crippen LogP contribution is -2.38. The van der Waals surface area contributed by atoms with Crippen LogP contribution in [0.15, 0.2) is 54.6 Å². The molecule has 0 saturated heterocycles. The molecule has 0 heterocycles. The summed E-state index contributed by atoms with van der Waals surface area (Å²) in [5, 5.41) is 0.661. The van der Waals surface area contributed by atoms with Gasteiger partial charge in [0.05, 0.1) is 13.0 Å². The Morgan fingerprint density at radius 3 is 2.13 bits per heavy atom. The molecular formula is C23H28N2O5. The smallest absolute Gasteiger partial charge is 0.328 e. The second-order valence-electron chi connectivity index (χ2n) is 6.79. The zero-order valence-corrected chi connectivity index (χ0v) is 17.2. The maximum absolute atomic E-state index is 12.0. The topological polar surface area (TPSA) is 84.9 Å². The molecule has 30 heavy (non-hydrogen) atoms. The fourth-order valence-corrected chi connectivity index (χ4v) is 2.88. The standard InChI is InChI=1S/C23H28N2O5/c1-2-29-23(28)17-25(18-26)30-24-22(27)16-21-14-12-20(13-15-21)11-7-6-10-19-8-4-3-5-9-19/h3-5,8-9,12-15,18H,2,6-7,10-11,16-17H2,1H3,(H,24,27).